The van der Waals surface area contributed by atoms with E-state index in [2.05, 4.69) is 20.6 Å². The zero-order valence-electron chi connectivity index (χ0n) is 15.0. The summed E-state index contributed by atoms with van der Waals surface area (Å²) < 4.78 is 5.22. The summed E-state index contributed by atoms with van der Waals surface area (Å²) in [7, 11) is 1.50. The fraction of sp³-hybridized carbons (Fsp3) is 0.333. The minimum Gasteiger partial charge on any atom is -0.495 e. The summed E-state index contributed by atoms with van der Waals surface area (Å²) in [5.74, 6) is -0.324. The molecule has 27 heavy (non-hydrogen) atoms. The minimum atomic E-state index is -0.930. The number of ether oxygens (including phenoxy) is 1. The van der Waals surface area contributed by atoms with Crippen LogP contribution in [0.3, 0.4) is 0 Å². The molecular weight excluding hydrogens is 368 g/mol. The summed E-state index contributed by atoms with van der Waals surface area (Å²) >= 11 is 1.39. The van der Waals surface area contributed by atoms with E-state index in [4.69, 9.17) is 4.74 Å². The second-order valence-electron chi connectivity index (χ2n) is 5.98. The maximum atomic E-state index is 12.8. The van der Waals surface area contributed by atoms with Crippen molar-refractivity contribution >= 4 is 35.1 Å². The van der Waals surface area contributed by atoms with Gasteiger partial charge in [-0.15, -0.1) is 0 Å². The highest BCUT2D eigenvalue weighted by Gasteiger charge is 2.35. The molecule has 0 saturated heterocycles. The summed E-state index contributed by atoms with van der Waals surface area (Å²) in [4.78, 5) is 44.5. The van der Waals surface area contributed by atoms with Crippen LogP contribution in [0.5, 0.6) is 5.75 Å². The Morgan fingerprint density at radius 1 is 1.37 bits per heavy atom. The van der Waals surface area contributed by atoms with Crippen molar-refractivity contribution in [3.05, 3.63) is 40.2 Å². The van der Waals surface area contributed by atoms with Crippen LogP contribution in [-0.2, 0) is 9.59 Å². The van der Waals surface area contributed by atoms with Crippen LogP contribution in [0.15, 0.2) is 34.2 Å². The first-order chi connectivity index (χ1) is 13.0. The van der Waals surface area contributed by atoms with Gasteiger partial charge in [0, 0.05) is 12.2 Å². The first kappa shape index (κ1) is 19.0. The molecule has 1 atom stereocenters. The van der Waals surface area contributed by atoms with Gasteiger partial charge in [0.1, 0.15) is 11.6 Å². The number of methoxy groups -OCH3 is 1. The number of para-hydroxylation sites is 2. The van der Waals surface area contributed by atoms with E-state index in [1.165, 1.54) is 18.9 Å². The molecule has 0 radical (unpaired) electrons. The number of hydrogen-bond acceptors (Lipinski definition) is 6. The van der Waals surface area contributed by atoms with Crippen molar-refractivity contribution in [1.29, 1.82) is 0 Å². The Kier molecular flexibility index (Phi) is 5.80. The van der Waals surface area contributed by atoms with E-state index in [0.29, 0.717) is 16.6 Å². The van der Waals surface area contributed by atoms with Crippen molar-refractivity contribution in [3.8, 4) is 5.75 Å². The Labute approximate surface area is 160 Å². The molecule has 1 unspecified atom stereocenters. The number of aromatic nitrogens is 2. The number of fused-ring (bicyclic) bond motifs is 1. The average molecular weight is 388 g/mol. The number of carbonyl (C=O) groups is 2. The molecule has 1 aliphatic heterocycles. The predicted octanol–water partition coefficient (Wildman–Crippen LogP) is 2.35. The summed E-state index contributed by atoms with van der Waals surface area (Å²) in [5, 5.41) is 5.76. The van der Waals surface area contributed by atoms with Crippen LogP contribution in [0.4, 0.5) is 11.5 Å². The van der Waals surface area contributed by atoms with Gasteiger partial charge >= 0.3 is 0 Å². The number of thioether (sulfide) groups is 1. The number of nitrogens with zero attached hydrogens (tertiary/aromatic N) is 1. The molecule has 1 aliphatic rings. The Balaban J connectivity index is 1.92. The second kappa shape index (κ2) is 8.26. The highest BCUT2D eigenvalue weighted by atomic mass is 32.2. The lowest BCUT2D eigenvalue weighted by molar-refractivity contribution is -0.123. The maximum absolute atomic E-state index is 12.8. The number of anilines is 2. The third-order valence-electron chi connectivity index (χ3n) is 4.05. The molecular formula is C18H20N4O4S. The van der Waals surface area contributed by atoms with Gasteiger partial charge in [0.15, 0.2) is 5.16 Å². The molecule has 3 N–H and O–H groups in total. The molecule has 3 rings (SSSR count). The molecule has 0 saturated carbocycles. The molecule has 8 nitrogen and oxygen atoms in total. The molecule has 2 heterocycles. The van der Waals surface area contributed by atoms with Crippen LogP contribution in [0.2, 0.25) is 0 Å². The average Bonchev–Trinajstić information content (AvgIpc) is 2.65. The van der Waals surface area contributed by atoms with Gasteiger partial charge in [0.25, 0.3) is 5.56 Å². The van der Waals surface area contributed by atoms with Gasteiger partial charge in [-0.1, -0.05) is 30.8 Å². The van der Waals surface area contributed by atoms with E-state index in [0.717, 1.165) is 12.2 Å². The van der Waals surface area contributed by atoms with E-state index in [1.807, 2.05) is 6.92 Å². The number of H-pyrrole nitrogens is 1. The lowest BCUT2D eigenvalue weighted by atomic mass is 9.92. The molecule has 0 bridgehead atoms. The molecule has 0 spiro atoms. The van der Waals surface area contributed by atoms with Gasteiger partial charge in [0.05, 0.1) is 24.3 Å². The number of nitrogens with one attached hydrogen (secondary N) is 3. The smallest absolute Gasteiger partial charge is 0.257 e. The number of amides is 2. The summed E-state index contributed by atoms with van der Waals surface area (Å²) in [6.45, 7) is 2.02. The van der Waals surface area contributed by atoms with Gasteiger partial charge in [-0.3, -0.25) is 14.4 Å². The van der Waals surface area contributed by atoms with E-state index in [1.54, 1.807) is 24.3 Å². The van der Waals surface area contributed by atoms with E-state index in [-0.39, 0.29) is 23.7 Å². The Morgan fingerprint density at radius 2 is 2.15 bits per heavy atom. The number of hydrogen-bond donors (Lipinski definition) is 3. The van der Waals surface area contributed by atoms with Crippen LogP contribution >= 0.6 is 11.8 Å². The van der Waals surface area contributed by atoms with Crippen LogP contribution in [0.1, 0.15) is 31.2 Å². The van der Waals surface area contributed by atoms with E-state index < -0.39 is 17.4 Å². The summed E-state index contributed by atoms with van der Waals surface area (Å²) in [5.41, 5.74) is 0.221. The summed E-state index contributed by atoms with van der Waals surface area (Å²) in [6.07, 6.45) is 0.794. The lowest BCUT2D eigenvalue weighted by Crippen LogP contribution is -2.36. The number of benzene rings is 1. The molecule has 1 aromatic carbocycles. The molecule has 142 valence electrons. The normalized spacial score (nSPS) is 15.6. The van der Waals surface area contributed by atoms with E-state index >= 15 is 0 Å². The van der Waals surface area contributed by atoms with Crippen LogP contribution in [0, 0.1) is 0 Å². The van der Waals surface area contributed by atoms with Crippen LogP contribution < -0.4 is 20.9 Å². The first-order valence-electron chi connectivity index (χ1n) is 8.54. The van der Waals surface area contributed by atoms with Crippen molar-refractivity contribution in [2.75, 3.05) is 23.5 Å². The first-order valence-corrected chi connectivity index (χ1v) is 9.52. The quantitative estimate of drug-likeness (QED) is 0.517. The number of aromatic amines is 1. The zero-order chi connectivity index (χ0) is 19.4. The van der Waals surface area contributed by atoms with Crippen molar-refractivity contribution < 1.29 is 14.3 Å². The Bertz CT molecular complexity index is 928. The molecule has 0 aliphatic carbocycles. The van der Waals surface area contributed by atoms with Gasteiger partial charge < -0.3 is 20.4 Å². The molecule has 9 heteroatoms. The Morgan fingerprint density at radius 3 is 2.89 bits per heavy atom. The minimum absolute atomic E-state index is 0.125. The maximum Gasteiger partial charge on any atom is 0.257 e. The van der Waals surface area contributed by atoms with Gasteiger partial charge in [-0.25, -0.2) is 4.98 Å². The summed E-state index contributed by atoms with van der Waals surface area (Å²) in [6, 6.07) is 6.93. The number of carbonyl (C=O) groups excluding carboxylic acids is 2. The van der Waals surface area contributed by atoms with Crippen molar-refractivity contribution in [3.63, 3.8) is 0 Å². The van der Waals surface area contributed by atoms with Gasteiger partial charge in [-0.2, -0.15) is 0 Å². The second-order valence-corrected chi connectivity index (χ2v) is 7.06. The SMILES string of the molecule is CCCSc1nc2c(c(=O)[nH]1)C(C(=O)Nc1ccccc1OC)CC(=O)N2. The Hall–Kier alpha value is -2.81. The highest BCUT2D eigenvalue weighted by Crippen LogP contribution is 2.31. The fourth-order valence-electron chi connectivity index (χ4n) is 2.81. The monoisotopic (exact) mass is 388 g/mol. The number of rotatable bonds is 6. The predicted molar refractivity (Wildman–Crippen MR) is 103 cm³/mol. The zero-order valence-corrected chi connectivity index (χ0v) is 15.8. The van der Waals surface area contributed by atoms with Gasteiger partial charge in [0.2, 0.25) is 11.8 Å². The standard InChI is InChI=1S/C18H20N4O4S/c1-3-8-27-18-21-15-14(17(25)22-18)10(9-13(23)20-15)16(24)19-11-6-4-5-7-12(11)26-2/h4-7,10H,3,8-9H2,1-2H3,(H,19,24)(H2,20,21,22,23,25). The van der Waals surface area contributed by atoms with Crippen molar-refractivity contribution in [2.24, 2.45) is 0 Å². The molecule has 2 amide bonds. The van der Waals surface area contributed by atoms with Gasteiger partial charge in [-0.05, 0) is 18.6 Å². The van der Waals surface area contributed by atoms with E-state index in [9.17, 15) is 14.4 Å². The van der Waals surface area contributed by atoms with Crippen LogP contribution in [-0.4, -0.2) is 34.6 Å². The molecule has 1 aromatic heterocycles. The van der Waals surface area contributed by atoms with Crippen molar-refractivity contribution in [1.82, 2.24) is 9.97 Å². The lowest BCUT2D eigenvalue weighted by Gasteiger charge is -2.23. The third-order valence-corrected chi connectivity index (χ3v) is 5.13. The fourth-order valence-corrected chi connectivity index (χ4v) is 3.53. The van der Waals surface area contributed by atoms with Crippen molar-refractivity contribution in [2.45, 2.75) is 30.8 Å². The molecule has 2 aromatic rings. The third kappa shape index (κ3) is 4.13. The van der Waals surface area contributed by atoms with Crippen LogP contribution in [0.25, 0.3) is 0 Å². The molecule has 0 fully saturated rings. The highest BCUT2D eigenvalue weighted by molar-refractivity contribution is 7.99. The largest absolute Gasteiger partial charge is 0.495 e. The topological polar surface area (TPSA) is 113 Å².